The standard InChI is InChI=1S/C17H23N3O2/c1-12(2)17(19-10-14-9-18-11-20(14)3)13-4-5-15-16(8-13)22-7-6-21-15/h4-5,8-9,11-12,17,19H,6-7,10H2,1-3H3/t17-/m0/s1. The number of hydrogen-bond donors (Lipinski definition) is 1. The molecule has 3 rings (SSSR count). The summed E-state index contributed by atoms with van der Waals surface area (Å²) >= 11 is 0. The van der Waals surface area contributed by atoms with Crippen molar-refractivity contribution in [3.8, 4) is 11.5 Å². The minimum atomic E-state index is 0.255. The van der Waals surface area contributed by atoms with Crippen LogP contribution in [0.3, 0.4) is 0 Å². The molecule has 0 bridgehead atoms. The minimum absolute atomic E-state index is 0.255. The zero-order valence-corrected chi connectivity index (χ0v) is 13.4. The quantitative estimate of drug-likeness (QED) is 0.922. The fraction of sp³-hybridized carbons (Fsp3) is 0.471. The van der Waals surface area contributed by atoms with Gasteiger partial charge in [-0.3, -0.25) is 0 Å². The van der Waals surface area contributed by atoms with Gasteiger partial charge < -0.3 is 19.4 Å². The van der Waals surface area contributed by atoms with Crippen molar-refractivity contribution in [2.75, 3.05) is 13.2 Å². The molecule has 1 aromatic carbocycles. The molecule has 0 saturated carbocycles. The number of rotatable bonds is 5. The zero-order chi connectivity index (χ0) is 15.5. The van der Waals surface area contributed by atoms with E-state index >= 15 is 0 Å². The number of nitrogens with zero attached hydrogens (tertiary/aromatic N) is 2. The zero-order valence-electron chi connectivity index (χ0n) is 13.4. The van der Waals surface area contributed by atoms with Crippen molar-refractivity contribution in [1.29, 1.82) is 0 Å². The summed E-state index contributed by atoms with van der Waals surface area (Å²) in [6, 6.07) is 6.47. The van der Waals surface area contributed by atoms with Gasteiger partial charge >= 0.3 is 0 Å². The number of aryl methyl sites for hydroxylation is 1. The molecular weight excluding hydrogens is 278 g/mol. The summed E-state index contributed by atoms with van der Waals surface area (Å²) in [4.78, 5) is 4.16. The van der Waals surface area contributed by atoms with E-state index in [0.717, 1.165) is 18.0 Å². The van der Waals surface area contributed by atoms with Gasteiger partial charge in [-0.1, -0.05) is 19.9 Å². The van der Waals surface area contributed by atoms with E-state index in [0.29, 0.717) is 19.1 Å². The highest BCUT2D eigenvalue weighted by Gasteiger charge is 2.19. The second-order valence-corrected chi connectivity index (χ2v) is 6.00. The van der Waals surface area contributed by atoms with Crippen molar-refractivity contribution in [3.63, 3.8) is 0 Å². The van der Waals surface area contributed by atoms with E-state index in [1.165, 1.54) is 11.3 Å². The van der Waals surface area contributed by atoms with Crippen LogP contribution in [0.25, 0.3) is 0 Å². The molecule has 5 nitrogen and oxygen atoms in total. The summed E-state index contributed by atoms with van der Waals surface area (Å²) in [7, 11) is 2.01. The number of benzene rings is 1. The Kier molecular flexibility index (Phi) is 4.34. The Morgan fingerprint density at radius 3 is 2.68 bits per heavy atom. The molecule has 5 heteroatoms. The molecular formula is C17H23N3O2. The maximum atomic E-state index is 5.70. The summed E-state index contributed by atoms with van der Waals surface area (Å²) in [5.41, 5.74) is 2.39. The Bertz CT molecular complexity index is 637. The first kappa shape index (κ1) is 14.9. The molecule has 1 N–H and O–H groups in total. The van der Waals surface area contributed by atoms with Crippen LogP contribution in [0.4, 0.5) is 0 Å². The maximum Gasteiger partial charge on any atom is 0.161 e. The minimum Gasteiger partial charge on any atom is -0.486 e. The monoisotopic (exact) mass is 301 g/mol. The van der Waals surface area contributed by atoms with Crippen LogP contribution in [-0.4, -0.2) is 22.8 Å². The van der Waals surface area contributed by atoms with Crippen LogP contribution in [0, 0.1) is 5.92 Å². The molecule has 0 spiro atoms. The van der Waals surface area contributed by atoms with E-state index < -0.39 is 0 Å². The first-order valence-corrected chi connectivity index (χ1v) is 7.73. The molecule has 118 valence electrons. The van der Waals surface area contributed by atoms with Gasteiger partial charge in [-0.2, -0.15) is 0 Å². The number of fused-ring (bicyclic) bond motifs is 1. The third-order valence-corrected chi connectivity index (χ3v) is 4.01. The Morgan fingerprint density at radius 2 is 2.00 bits per heavy atom. The molecule has 0 amide bonds. The first-order chi connectivity index (χ1) is 10.6. The van der Waals surface area contributed by atoms with E-state index in [-0.39, 0.29) is 6.04 Å². The van der Waals surface area contributed by atoms with Crippen LogP contribution in [0.1, 0.15) is 31.1 Å². The van der Waals surface area contributed by atoms with E-state index in [4.69, 9.17) is 9.47 Å². The molecule has 1 aliphatic rings. The molecule has 2 heterocycles. The molecule has 0 aliphatic carbocycles. The van der Waals surface area contributed by atoms with Crippen molar-refractivity contribution in [2.45, 2.75) is 26.4 Å². The number of nitrogens with one attached hydrogen (secondary N) is 1. The summed E-state index contributed by atoms with van der Waals surface area (Å²) in [6.45, 7) is 6.47. The van der Waals surface area contributed by atoms with Gasteiger partial charge in [0.1, 0.15) is 13.2 Å². The van der Waals surface area contributed by atoms with Crippen molar-refractivity contribution in [2.24, 2.45) is 13.0 Å². The number of imidazole rings is 1. The van der Waals surface area contributed by atoms with Crippen LogP contribution < -0.4 is 14.8 Å². The lowest BCUT2D eigenvalue weighted by Crippen LogP contribution is -2.26. The number of hydrogen-bond acceptors (Lipinski definition) is 4. The van der Waals surface area contributed by atoms with Gasteiger partial charge in [-0.15, -0.1) is 0 Å². The number of aromatic nitrogens is 2. The van der Waals surface area contributed by atoms with E-state index in [9.17, 15) is 0 Å². The van der Waals surface area contributed by atoms with Crippen molar-refractivity contribution in [3.05, 3.63) is 42.0 Å². The van der Waals surface area contributed by atoms with Gasteiger partial charge in [0, 0.05) is 25.8 Å². The molecule has 0 fully saturated rings. The lowest BCUT2D eigenvalue weighted by atomic mass is 9.95. The van der Waals surface area contributed by atoms with Crippen LogP contribution in [0.5, 0.6) is 11.5 Å². The van der Waals surface area contributed by atoms with Crippen molar-refractivity contribution >= 4 is 0 Å². The fourth-order valence-electron chi connectivity index (χ4n) is 2.76. The third kappa shape index (κ3) is 3.09. The molecule has 22 heavy (non-hydrogen) atoms. The summed E-state index contributed by atoms with van der Waals surface area (Å²) in [5.74, 6) is 2.15. The predicted molar refractivity (Wildman–Crippen MR) is 85.1 cm³/mol. The topological polar surface area (TPSA) is 48.3 Å². The maximum absolute atomic E-state index is 5.70. The van der Waals surface area contributed by atoms with Crippen molar-refractivity contribution < 1.29 is 9.47 Å². The highest BCUT2D eigenvalue weighted by Crippen LogP contribution is 2.34. The first-order valence-electron chi connectivity index (χ1n) is 7.73. The largest absolute Gasteiger partial charge is 0.486 e. The molecule has 1 aliphatic heterocycles. The van der Waals surface area contributed by atoms with E-state index in [1.807, 2.05) is 30.2 Å². The van der Waals surface area contributed by atoms with Crippen LogP contribution in [0.2, 0.25) is 0 Å². The highest BCUT2D eigenvalue weighted by molar-refractivity contribution is 5.44. The second kappa shape index (κ2) is 6.40. The van der Waals surface area contributed by atoms with Crippen molar-refractivity contribution in [1.82, 2.24) is 14.9 Å². The van der Waals surface area contributed by atoms with Gasteiger partial charge in [0.2, 0.25) is 0 Å². The average molecular weight is 301 g/mol. The summed E-state index contributed by atoms with van der Waals surface area (Å²) in [6.07, 6.45) is 3.72. The Labute approximate surface area is 131 Å². The highest BCUT2D eigenvalue weighted by atomic mass is 16.6. The summed E-state index contributed by atoms with van der Waals surface area (Å²) < 4.78 is 13.3. The van der Waals surface area contributed by atoms with Crippen LogP contribution in [0.15, 0.2) is 30.7 Å². The molecule has 0 unspecified atom stereocenters. The SMILES string of the molecule is CC(C)[C@H](NCc1cncn1C)c1ccc2c(c1)OCCO2. The normalized spacial score (nSPS) is 15.1. The average Bonchev–Trinajstić information content (AvgIpc) is 2.92. The van der Waals surface area contributed by atoms with E-state index in [2.05, 4.69) is 36.3 Å². The van der Waals surface area contributed by atoms with Gasteiger partial charge in [-0.05, 0) is 23.6 Å². The Balaban J connectivity index is 1.77. The lowest BCUT2D eigenvalue weighted by Gasteiger charge is -2.25. The predicted octanol–water partition coefficient (Wildman–Crippen LogP) is 2.68. The number of ether oxygens (including phenoxy) is 2. The van der Waals surface area contributed by atoms with Gasteiger partial charge in [0.05, 0.1) is 12.0 Å². The van der Waals surface area contributed by atoms with Gasteiger partial charge in [0.15, 0.2) is 11.5 Å². The lowest BCUT2D eigenvalue weighted by molar-refractivity contribution is 0.171. The third-order valence-electron chi connectivity index (χ3n) is 4.01. The van der Waals surface area contributed by atoms with E-state index in [1.54, 1.807) is 0 Å². The molecule has 1 aromatic heterocycles. The van der Waals surface area contributed by atoms with Gasteiger partial charge in [-0.25, -0.2) is 4.98 Å². The Morgan fingerprint density at radius 1 is 1.23 bits per heavy atom. The molecule has 1 atom stereocenters. The fourth-order valence-corrected chi connectivity index (χ4v) is 2.76. The van der Waals surface area contributed by atoms with Crippen LogP contribution in [-0.2, 0) is 13.6 Å². The Hall–Kier alpha value is -2.01. The molecule has 0 radical (unpaired) electrons. The smallest absolute Gasteiger partial charge is 0.161 e. The van der Waals surface area contributed by atoms with Gasteiger partial charge in [0.25, 0.3) is 0 Å². The van der Waals surface area contributed by atoms with Crippen LogP contribution >= 0.6 is 0 Å². The summed E-state index contributed by atoms with van der Waals surface area (Å²) in [5, 5.41) is 3.63. The second-order valence-electron chi connectivity index (χ2n) is 6.00. The molecule has 2 aromatic rings. The molecule has 0 saturated heterocycles.